The van der Waals surface area contributed by atoms with Crippen LogP contribution in [0.1, 0.15) is 47.7 Å². The van der Waals surface area contributed by atoms with E-state index >= 15 is 0 Å². The van der Waals surface area contributed by atoms with Crippen LogP contribution in [0.2, 0.25) is 0 Å². The van der Waals surface area contributed by atoms with Gasteiger partial charge in [-0.2, -0.15) is 0 Å². The van der Waals surface area contributed by atoms with Gasteiger partial charge < -0.3 is 9.64 Å². The van der Waals surface area contributed by atoms with Crippen LogP contribution < -0.4 is 4.74 Å². The van der Waals surface area contributed by atoms with E-state index in [-0.39, 0.29) is 5.91 Å². The van der Waals surface area contributed by atoms with Gasteiger partial charge in [0.05, 0.1) is 6.61 Å². The topological polar surface area (TPSA) is 42.4 Å². The summed E-state index contributed by atoms with van der Waals surface area (Å²) in [5.74, 6) is 1.01. The number of nitrogens with zero attached hydrogens (tertiary/aromatic N) is 2. The van der Waals surface area contributed by atoms with E-state index in [9.17, 15) is 4.79 Å². The zero-order valence-electron chi connectivity index (χ0n) is 14.2. The standard InChI is InChI=1S/C20H24N2O2/c1-2-3-11-22(15-16-6-4-10-21-14-16)20(23)18-8-9-19-17(13-18)7-5-12-24-19/h4,6,8-10,13-14H,2-3,5,7,11-12,15H2,1H3. The summed E-state index contributed by atoms with van der Waals surface area (Å²) in [6, 6.07) is 9.74. The molecule has 2 heterocycles. The number of hydrogen-bond donors (Lipinski definition) is 0. The lowest BCUT2D eigenvalue weighted by Crippen LogP contribution is -2.31. The van der Waals surface area contributed by atoms with Gasteiger partial charge in [0.2, 0.25) is 0 Å². The molecule has 4 heteroatoms. The van der Waals surface area contributed by atoms with Crippen LogP contribution in [-0.4, -0.2) is 28.9 Å². The average molecular weight is 324 g/mol. The summed E-state index contributed by atoms with van der Waals surface area (Å²) in [7, 11) is 0. The number of carbonyl (C=O) groups is 1. The van der Waals surface area contributed by atoms with Crippen molar-refractivity contribution >= 4 is 5.91 Å². The Morgan fingerprint density at radius 1 is 1.33 bits per heavy atom. The fourth-order valence-electron chi connectivity index (χ4n) is 2.99. The third kappa shape index (κ3) is 3.94. The van der Waals surface area contributed by atoms with E-state index < -0.39 is 0 Å². The van der Waals surface area contributed by atoms with Gasteiger partial charge in [-0.05, 0) is 54.7 Å². The summed E-state index contributed by atoms with van der Waals surface area (Å²) in [4.78, 5) is 19.1. The summed E-state index contributed by atoms with van der Waals surface area (Å²) in [6.45, 7) is 4.27. The Hall–Kier alpha value is -2.36. The number of unbranched alkanes of at least 4 members (excludes halogenated alkanes) is 1. The highest BCUT2D eigenvalue weighted by Gasteiger charge is 2.19. The molecule has 0 bridgehead atoms. The van der Waals surface area contributed by atoms with Crippen molar-refractivity contribution in [2.45, 2.75) is 39.2 Å². The highest BCUT2D eigenvalue weighted by atomic mass is 16.5. The molecule has 0 saturated heterocycles. The molecule has 0 atom stereocenters. The van der Waals surface area contributed by atoms with Crippen LogP contribution in [0.4, 0.5) is 0 Å². The van der Waals surface area contributed by atoms with E-state index in [1.165, 1.54) is 0 Å². The number of aromatic nitrogens is 1. The van der Waals surface area contributed by atoms with E-state index in [2.05, 4.69) is 11.9 Å². The molecule has 126 valence electrons. The molecule has 1 aromatic carbocycles. The molecule has 0 spiro atoms. The fraction of sp³-hybridized carbons (Fsp3) is 0.400. The molecule has 24 heavy (non-hydrogen) atoms. The minimum Gasteiger partial charge on any atom is -0.493 e. The van der Waals surface area contributed by atoms with Gasteiger partial charge in [-0.3, -0.25) is 9.78 Å². The maximum atomic E-state index is 13.0. The number of pyridine rings is 1. The zero-order valence-corrected chi connectivity index (χ0v) is 14.2. The van der Waals surface area contributed by atoms with Crippen LogP contribution in [0.5, 0.6) is 5.75 Å². The first-order valence-corrected chi connectivity index (χ1v) is 8.72. The molecule has 2 aromatic rings. The molecule has 0 radical (unpaired) electrons. The van der Waals surface area contributed by atoms with E-state index in [0.717, 1.165) is 61.3 Å². The second-order valence-corrected chi connectivity index (χ2v) is 6.22. The normalized spacial score (nSPS) is 13.0. The Bertz CT molecular complexity index is 685. The summed E-state index contributed by atoms with van der Waals surface area (Å²) >= 11 is 0. The number of carbonyl (C=O) groups excluding carboxylic acids is 1. The molecule has 1 aliphatic heterocycles. The largest absolute Gasteiger partial charge is 0.493 e. The Balaban J connectivity index is 1.79. The third-order valence-corrected chi connectivity index (χ3v) is 4.32. The van der Waals surface area contributed by atoms with Gasteiger partial charge in [0.15, 0.2) is 0 Å². The van der Waals surface area contributed by atoms with Crippen LogP contribution >= 0.6 is 0 Å². The van der Waals surface area contributed by atoms with Gasteiger partial charge in [-0.1, -0.05) is 19.4 Å². The molecule has 3 rings (SSSR count). The molecular weight excluding hydrogens is 300 g/mol. The van der Waals surface area contributed by atoms with Crippen molar-refractivity contribution in [3.63, 3.8) is 0 Å². The smallest absolute Gasteiger partial charge is 0.254 e. The second kappa shape index (κ2) is 7.95. The van der Waals surface area contributed by atoms with Crippen LogP contribution in [0, 0.1) is 0 Å². The predicted octanol–water partition coefficient (Wildman–Crippen LogP) is 3.85. The lowest BCUT2D eigenvalue weighted by molar-refractivity contribution is 0.0740. The Kier molecular flexibility index (Phi) is 5.47. The van der Waals surface area contributed by atoms with Crippen LogP contribution in [0.3, 0.4) is 0 Å². The van der Waals surface area contributed by atoms with Crippen LogP contribution in [0.15, 0.2) is 42.7 Å². The lowest BCUT2D eigenvalue weighted by Gasteiger charge is -2.24. The van der Waals surface area contributed by atoms with Gasteiger partial charge in [0.25, 0.3) is 5.91 Å². The zero-order chi connectivity index (χ0) is 16.8. The average Bonchev–Trinajstić information content (AvgIpc) is 2.65. The summed E-state index contributed by atoms with van der Waals surface area (Å²) in [5, 5.41) is 0. The highest BCUT2D eigenvalue weighted by molar-refractivity contribution is 5.94. The van der Waals surface area contributed by atoms with Crippen molar-refractivity contribution in [3.05, 3.63) is 59.4 Å². The van der Waals surface area contributed by atoms with Gasteiger partial charge in [0, 0.05) is 31.0 Å². The van der Waals surface area contributed by atoms with Crippen molar-refractivity contribution in [1.29, 1.82) is 0 Å². The number of rotatable bonds is 6. The lowest BCUT2D eigenvalue weighted by atomic mass is 10.0. The molecule has 1 amide bonds. The number of aryl methyl sites for hydroxylation is 1. The van der Waals surface area contributed by atoms with Crippen molar-refractivity contribution in [2.24, 2.45) is 0 Å². The maximum absolute atomic E-state index is 13.0. The minimum atomic E-state index is 0.0840. The molecule has 0 saturated carbocycles. The number of hydrogen-bond acceptors (Lipinski definition) is 3. The van der Waals surface area contributed by atoms with E-state index in [4.69, 9.17) is 4.74 Å². The van der Waals surface area contributed by atoms with Crippen LogP contribution in [-0.2, 0) is 13.0 Å². The molecule has 0 N–H and O–H groups in total. The van der Waals surface area contributed by atoms with Gasteiger partial charge in [-0.15, -0.1) is 0 Å². The molecule has 0 aliphatic carbocycles. The molecule has 1 aromatic heterocycles. The number of benzene rings is 1. The van der Waals surface area contributed by atoms with Gasteiger partial charge in [-0.25, -0.2) is 0 Å². The number of amides is 1. The monoisotopic (exact) mass is 324 g/mol. The Morgan fingerprint density at radius 3 is 3.04 bits per heavy atom. The highest BCUT2D eigenvalue weighted by Crippen LogP contribution is 2.26. The number of ether oxygens (including phenoxy) is 1. The fourth-order valence-corrected chi connectivity index (χ4v) is 2.99. The SMILES string of the molecule is CCCCN(Cc1cccnc1)C(=O)c1ccc2c(c1)CCCO2. The van der Waals surface area contributed by atoms with Crippen molar-refractivity contribution in [1.82, 2.24) is 9.88 Å². The second-order valence-electron chi connectivity index (χ2n) is 6.22. The van der Waals surface area contributed by atoms with Gasteiger partial charge in [0.1, 0.15) is 5.75 Å². The van der Waals surface area contributed by atoms with Crippen molar-refractivity contribution < 1.29 is 9.53 Å². The third-order valence-electron chi connectivity index (χ3n) is 4.32. The summed E-state index contributed by atoms with van der Waals surface area (Å²) in [5.41, 5.74) is 2.95. The number of fused-ring (bicyclic) bond motifs is 1. The maximum Gasteiger partial charge on any atom is 0.254 e. The Morgan fingerprint density at radius 2 is 2.25 bits per heavy atom. The predicted molar refractivity (Wildman–Crippen MR) is 94.1 cm³/mol. The van der Waals surface area contributed by atoms with Gasteiger partial charge >= 0.3 is 0 Å². The van der Waals surface area contributed by atoms with Crippen LogP contribution in [0.25, 0.3) is 0 Å². The first-order valence-electron chi connectivity index (χ1n) is 8.72. The molecule has 0 unspecified atom stereocenters. The first-order chi connectivity index (χ1) is 11.8. The molecule has 1 aliphatic rings. The summed E-state index contributed by atoms with van der Waals surface area (Å²) in [6.07, 6.45) is 7.64. The van der Waals surface area contributed by atoms with E-state index in [0.29, 0.717) is 6.54 Å². The molecule has 4 nitrogen and oxygen atoms in total. The van der Waals surface area contributed by atoms with E-state index in [1.807, 2.05) is 41.4 Å². The molecule has 0 fully saturated rings. The first kappa shape index (κ1) is 16.5. The Labute approximate surface area is 143 Å². The van der Waals surface area contributed by atoms with Crippen molar-refractivity contribution in [3.8, 4) is 5.75 Å². The quantitative estimate of drug-likeness (QED) is 0.810. The van der Waals surface area contributed by atoms with Crippen molar-refractivity contribution in [2.75, 3.05) is 13.2 Å². The van der Waals surface area contributed by atoms with E-state index in [1.54, 1.807) is 6.20 Å². The summed E-state index contributed by atoms with van der Waals surface area (Å²) < 4.78 is 5.65. The minimum absolute atomic E-state index is 0.0840. The molecular formula is C20H24N2O2.